The number of carbonyl (C=O) groups excluding carboxylic acids is 2. The zero-order valence-corrected chi connectivity index (χ0v) is 13.0. The van der Waals surface area contributed by atoms with Crippen LogP contribution in [0.3, 0.4) is 0 Å². The smallest absolute Gasteiger partial charge is 0.411 e. The van der Waals surface area contributed by atoms with Crippen LogP contribution < -0.4 is 5.32 Å². The minimum Gasteiger partial charge on any atom is -0.444 e. The van der Waals surface area contributed by atoms with E-state index in [-0.39, 0.29) is 12.5 Å². The Labute approximate surface area is 134 Å². The van der Waals surface area contributed by atoms with Gasteiger partial charge in [-0.1, -0.05) is 30.3 Å². The first-order valence-corrected chi connectivity index (χ1v) is 7.00. The van der Waals surface area contributed by atoms with Gasteiger partial charge in [0.15, 0.2) is 0 Å². The summed E-state index contributed by atoms with van der Waals surface area (Å²) in [6.07, 6.45) is -0.554. The molecule has 23 heavy (non-hydrogen) atoms. The monoisotopic (exact) mass is 314 g/mol. The first-order valence-electron chi connectivity index (χ1n) is 7.00. The summed E-state index contributed by atoms with van der Waals surface area (Å²) in [5, 5.41) is 3.73. The number of ether oxygens (including phenoxy) is 1. The average molecular weight is 314 g/mol. The van der Waals surface area contributed by atoms with Crippen molar-refractivity contribution in [3.05, 3.63) is 65.7 Å². The number of hydrogen-bond acceptors (Lipinski definition) is 4. The lowest BCUT2D eigenvalue weighted by Crippen LogP contribution is -2.25. The largest absolute Gasteiger partial charge is 0.444 e. The number of benzene rings is 2. The van der Waals surface area contributed by atoms with Crippen LogP contribution in [0.4, 0.5) is 10.5 Å². The van der Waals surface area contributed by atoms with Crippen LogP contribution in [-0.4, -0.2) is 31.2 Å². The highest BCUT2D eigenvalue weighted by Gasteiger charge is 2.11. The van der Waals surface area contributed by atoms with Gasteiger partial charge in [0.1, 0.15) is 6.61 Å². The molecule has 0 heterocycles. The van der Waals surface area contributed by atoms with Gasteiger partial charge in [-0.25, -0.2) is 9.86 Å². The van der Waals surface area contributed by atoms with Crippen molar-refractivity contribution >= 4 is 17.7 Å². The SMILES string of the molecule is CON(C)C(=O)c1ccc(NC(=O)OCc2ccccc2)cc1. The van der Waals surface area contributed by atoms with Crippen LogP contribution >= 0.6 is 0 Å². The molecule has 0 radical (unpaired) electrons. The van der Waals surface area contributed by atoms with Gasteiger partial charge < -0.3 is 4.74 Å². The minimum atomic E-state index is -0.554. The van der Waals surface area contributed by atoms with Gasteiger partial charge in [-0.2, -0.15) is 0 Å². The lowest BCUT2D eigenvalue weighted by Gasteiger charge is -2.13. The van der Waals surface area contributed by atoms with E-state index in [0.29, 0.717) is 11.3 Å². The third-order valence-electron chi connectivity index (χ3n) is 3.15. The van der Waals surface area contributed by atoms with Gasteiger partial charge in [0.2, 0.25) is 0 Å². The predicted octanol–water partition coefficient (Wildman–Crippen LogP) is 3.07. The molecule has 0 saturated heterocycles. The molecule has 0 unspecified atom stereocenters. The third kappa shape index (κ3) is 4.82. The molecule has 2 aromatic carbocycles. The summed E-state index contributed by atoms with van der Waals surface area (Å²) in [6, 6.07) is 15.9. The lowest BCUT2D eigenvalue weighted by atomic mass is 10.2. The molecule has 0 aliphatic heterocycles. The maximum atomic E-state index is 11.9. The topological polar surface area (TPSA) is 67.9 Å². The summed E-state index contributed by atoms with van der Waals surface area (Å²) in [5.41, 5.74) is 1.91. The summed E-state index contributed by atoms with van der Waals surface area (Å²) in [7, 11) is 2.94. The van der Waals surface area contributed by atoms with Gasteiger partial charge in [-0.15, -0.1) is 0 Å². The summed E-state index contributed by atoms with van der Waals surface area (Å²) in [4.78, 5) is 28.4. The highest BCUT2D eigenvalue weighted by atomic mass is 16.7. The van der Waals surface area contributed by atoms with E-state index < -0.39 is 6.09 Å². The highest BCUT2D eigenvalue weighted by Crippen LogP contribution is 2.12. The first-order chi connectivity index (χ1) is 11.1. The summed E-state index contributed by atoms with van der Waals surface area (Å²) < 4.78 is 5.12. The zero-order chi connectivity index (χ0) is 16.7. The van der Waals surface area contributed by atoms with Gasteiger partial charge in [0, 0.05) is 18.3 Å². The number of hydroxylamine groups is 2. The number of rotatable bonds is 5. The van der Waals surface area contributed by atoms with Crippen molar-refractivity contribution in [2.75, 3.05) is 19.5 Å². The third-order valence-corrected chi connectivity index (χ3v) is 3.15. The molecular formula is C17H18N2O4. The van der Waals surface area contributed by atoms with Crippen molar-refractivity contribution in [2.24, 2.45) is 0 Å². The van der Waals surface area contributed by atoms with E-state index in [1.165, 1.54) is 14.2 Å². The number of hydrogen-bond donors (Lipinski definition) is 1. The average Bonchev–Trinajstić information content (AvgIpc) is 2.60. The van der Waals surface area contributed by atoms with Crippen LogP contribution in [0.25, 0.3) is 0 Å². The molecule has 0 aliphatic rings. The molecule has 6 nitrogen and oxygen atoms in total. The molecule has 0 atom stereocenters. The molecule has 1 N–H and O–H groups in total. The minimum absolute atomic E-state index is 0.196. The molecule has 0 saturated carbocycles. The Morgan fingerprint density at radius 2 is 1.70 bits per heavy atom. The normalized spacial score (nSPS) is 10.0. The van der Waals surface area contributed by atoms with Crippen LogP contribution in [-0.2, 0) is 16.2 Å². The van der Waals surface area contributed by atoms with Crippen molar-refractivity contribution in [1.82, 2.24) is 5.06 Å². The van der Waals surface area contributed by atoms with Crippen LogP contribution in [0.1, 0.15) is 15.9 Å². The molecule has 6 heteroatoms. The molecule has 2 aromatic rings. The number of amides is 2. The Hall–Kier alpha value is -2.86. The molecular weight excluding hydrogens is 296 g/mol. The first kappa shape index (κ1) is 16.5. The van der Waals surface area contributed by atoms with Gasteiger partial charge >= 0.3 is 6.09 Å². The summed E-state index contributed by atoms with van der Waals surface area (Å²) in [5.74, 6) is -0.272. The van der Waals surface area contributed by atoms with E-state index in [9.17, 15) is 9.59 Å². The van der Waals surface area contributed by atoms with E-state index in [1.807, 2.05) is 30.3 Å². The van der Waals surface area contributed by atoms with Gasteiger partial charge in [0.25, 0.3) is 5.91 Å². The molecule has 0 spiro atoms. The number of carbonyl (C=O) groups is 2. The van der Waals surface area contributed by atoms with Gasteiger partial charge in [-0.05, 0) is 29.8 Å². The standard InChI is InChI=1S/C17H18N2O4/c1-19(22-2)16(20)14-8-10-15(11-9-14)18-17(21)23-12-13-6-4-3-5-7-13/h3-11H,12H2,1-2H3,(H,18,21). The Balaban J connectivity index is 1.88. The lowest BCUT2D eigenvalue weighted by molar-refractivity contribution is -0.0756. The second-order valence-corrected chi connectivity index (χ2v) is 4.75. The fraction of sp³-hybridized carbons (Fsp3) is 0.176. The molecule has 120 valence electrons. The van der Waals surface area contributed by atoms with E-state index >= 15 is 0 Å². The molecule has 0 aliphatic carbocycles. The van der Waals surface area contributed by atoms with Crippen LogP contribution in [0.2, 0.25) is 0 Å². The maximum absolute atomic E-state index is 11.9. The van der Waals surface area contributed by atoms with E-state index in [4.69, 9.17) is 9.57 Å². The molecule has 0 aromatic heterocycles. The van der Waals surface area contributed by atoms with Gasteiger partial charge in [-0.3, -0.25) is 14.9 Å². The second-order valence-electron chi connectivity index (χ2n) is 4.75. The summed E-state index contributed by atoms with van der Waals surface area (Å²) >= 11 is 0. The van der Waals surface area contributed by atoms with Crippen LogP contribution in [0.15, 0.2) is 54.6 Å². The molecule has 0 bridgehead atoms. The number of nitrogens with one attached hydrogen (secondary N) is 1. The van der Waals surface area contributed by atoms with Crippen molar-refractivity contribution in [3.63, 3.8) is 0 Å². The Kier molecular flexibility index (Phi) is 5.71. The van der Waals surface area contributed by atoms with Crippen molar-refractivity contribution < 1.29 is 19.2 Å². The molecule has 2 amide bonds. The van der Waals surface area contributed by atoms with Crippen LogP contribution in [0.5, 0.6) is 0 Å². The van der Waals surface area contributed by atoms with E-state index in [1.54, 1.807) is 24.3 Å². The molecule has 0 fully saturated rings. The van der Waals surface area contributed by atoms with E-state index in [0.717, 1.165) is 10.6 Å². The number of nitrogens with zero attached hydrogens (tertiary/aromatic N) is 1. The van der Waals surface area contributed by atoms with Gasteiger partial charge in [0.05, 0.1) is 7.11 Å². The Morgan fingerprint density at radius 1 is 1.04 bits per heavy atom. The fourth-order valence-electron chi connectivity index (χ4n) is 1.84. The highest BCUT2D eigenvalue weighted by molar-refractivity contribution is 5.94. The fourth-order valence-corrected chi connectivity index (χ4v) is 1.84. The zero-order valence-electron chi connectivity index (χ0n) is 13.0. The predicted molar refractivity (Wildman–Crippen MR) is 85.8 cm³/mol. The Morgan fingerprint density at radius 3 is 2.30 bits per heavy atom. The van der Waals surface area contributed by atoms with Crippen molar-refractivity contribution in [1.29, 1.82) is 0 Å². The quantitative estimate of drug-likeness (QED) is 0.861. The Bertz CT molecular complexity index is 656. The second kappa shape index (κ2) is 7.95. The van der Waals surface area contributed by atoms with E-state index in [2.05, 4.69) is 5.32 Å². The van der Waals surface area contributed by atoms with Crippen molar-refractivity contribution in [2.45, 2.75) is 6.61 Å². The number of anilines is 1. The van der Waals surface area contributed by atoms with Crippen LogP contribution in [0, 0.1) is 0 Å². The molecule has 2 rings (SSSR count). The summed E-state index contributed by atoms with van der Waals surface area (Å²) in [6.45, 7) is 0.196. The van der Waals surface area contributed by atoms with Crippen molar-refractivity contribution in [3.8, 4) is 0 Å². The maximum Gasteiger partial charge on any atom is 0.411 e.